The highest BCUT2D eigenvalue weighted by molar-refractivity contribution is 7.80. The number of hydrogen-bond acceptors (Lipinski definition) is 3. The first kappa shape index (κ1) is 12.0. The molecule has 14 heavy (non-hydrogen) atoms. The predicted molar refractivity (Wildman–Crippen MR) is 63.8 cm³/mol. The summed E-state index contributed by atoms with van der Waals surface area (Å²) in [5, 5.41) is 0.905. The average molecular weight is 252 g/mol. The Labute approximate surface area is 98.7 Å². The van der Waals surface area contributed by atoms with Crippen LogP contribution in [0.2, 0.25) is 10.0 Å². The Hall–Kier alpha value is -0.0900. The summed E-state index contributed by atoms with van der Waals surface area (Å²) in [6.45, 7) is 0.399. The summed E-state index contributed by atoms with van der Waals surface area (Å²) in [5.74, 6) is 0.585. The van der Waals surface area contributed by atoms with Gasteiger partial charge in [0.05, 0.1) is 12.1 Å². The van der Waals surface area contributed by atoms with Gasteiger partial charge in [-0.2, -0.15) is 12.6 Å². The van der Waals surface area contributed by atoms with Crippen LogP contribution >= 0.6 is 35.8 Å². The van der Waals surface area contributed by atoms with Crippen molar-refractivity contribution < 1.29 is 4.74 Å². The van der Waals surface area contributed by atoms with Gasteiger partial charge in [-0.3, -0.25) is 0 Å². The third kappa shape index (κ3) is 2.48. The monoisotopic (exact) mass is 251 g/mol. The maximum absolute atomic E-state index is 5.95. The lowest BCUT2D eigenvalue weighted by molar-refractivity contribution is 0.410. The molecule has 0 saturated heterocycles. The van der Waals surface area contributed by atoms with Crippen LogP contribution in [0.1, 0.15) is 10.8 Å². The van der Waals surface area contributed by atoms with Crippen LogP contribution in [0, 0.1) is 0 Å². The fourth-order valence-electron chi connectivity index (χ4n) is 1.17. The summed E-state index contributed by atoms with van der Waals surface area (Å²) in [6.07, 6.45) is 0. The minimum absolute atomic E-state index is 0.124. The first-order chi connectivity index (χ1) is 6.60. The molecule has 0 aromatic heterocycles. The molecule has 0 radical (unpaired) electrons. The average Bonchev–Trinajstić information content (AvgIpc) is 2.15. The molecule has 0 heterocycles. The van der Waals surface area contributed by atoms with Crippen molar-refractivity contribution in [2.24, 2.45) is 5.73 Å². The number of benzene rings is 1. The van der Waals surface area contributed by atoms with Crippen LogP contribution in [-0.2, 0) is 0 Å². The zero-order valence-electron chi connectivity index (χ0n) is 7.63. The molecule has 0 spiro atoms. The summed E-state index contributed by atoms with van der Waals surface area (Å²) in [5.41, 5.74) is 6.33. The van der Waals surface area contributed by atoms with Gasteiger partial charge < -0.3 is 10.5 Å². The molecule has 1 rings (SSSR count). The van der Waals surface area contributed by atoms with Gasteiger partial charge in [0.1, 0.15) is 5.75 Å². The maximum Gasteiger partial charge on any atom is 0.141 e. The summed E-state index contributed by atoms with van der Waals surface area (Å²) >= 11 is 16.1. The van der Waals surface area contributed by atoms with Crippen molar-refractivity contribution in [2.45, 2.75) is 5.25 Å². The van der Waals surface area contributed by atoms with E-state index in [2.05, 4.69) is 12.6 Å². The molecule has 1 unspecified atom stereocenters. The summed E-state index contributed by atoms with van der Waals surface area (Å²) in [4.78, 5) is 0. The van der Waals surface area contributed by atoms with Crippen molar-refractivity contribution in [3.63, 3.8) is 0 Å². The SMILES string of the molecule is COc1c(Cl)cc(Cl)cc1C(S)CN. The van der Waals surface area contributed by atoms with E-state index in [9.17, 15) is 0 Å². The van der Waals surface area contributed by atoms with Crippen molar-refractivity contribution >= 4 is 35.8 Å². The fraction of sp³-hybridized carbons (Fsp3) is 0.333. The topological polar surface area (TPSA) is 35.2 Å². The third-order valence-electron chi connectivity index (χ3n) is 1.82. The number of ether oxygens (including phenoxy) is 1. The Morgan fingerprint density at radius 2 is 2.14 bits per heavy atom. The highest BCUT2D eigenvalue weighted by Gasteiger charge is 2.14. The highest BCUT2D eigenvalue weighted by Crippen LogP contribution is 2.37. The Kier molecular flexibility index (Phi) is 4.38. The van der Waals surface area contributed by atoms with Gasteiger partial charge in [-0.1, -0.05) is 23.2 Å². The molecule has 1 aromatic carbocycles. The van der Waals surface area contributed by atoms with E-state index in [1.54, 1.807) is 19.2 Å². The minimum Gasteiger partial charge on any atom is -0.495 e. The van der Waals surface area contributed by atoms with Crippen LogP contribution in [-0.4, -0.2) is 13.7 Å². The van der Waals surface area contributed by atoms with Crippen molar-refractivity contribution in [3.05, 3.63) is 27.7 Å². The zero-order chi connectivity index (χ0) is 10.7. The van der Waals surface area contributed by atoms with Gasteiger partial charge in [0.25, 0.3) is 0 Å². The molecule has 0 saturated carbocycles. The number of thiol groups is 1. The highest BCUT2D eigenvalue weighted by atomic mass is 35.5. The second kappa shape index (κ2) is 5.12. The smallest absolute Gasteiger partial charge is 0.141 e. The number of methoxy groups -OCH3 is 1. The van der Waals surface area contributed by atoms with Crippen molar-refractivity contribution in [3.8, 4) is 5.75 Å². The Balaban J connectivity index is 3.24. The van der Waals surface area contributed by atoms with Crippen LogP contribution in [0.15, 0.2) is 12.1 Å². The molecule has 0 aliphatic rings. The van der Waals surface area contributed by atoms with Crippen LogP contribution < -0.4 is 10.5 Å². The Bertz CT molecular complexity index is 333. The molecule has 2 N–H and O–H groups in total. The van der Waals surface area contributed by atoms with E-state index in [1.165, 1.54) is 0 Å². The summed E-state index contributed by atoms with van der Waals surface area (Å²) < 4.78 is 5.16. The van der Waals surface area contributed by atoms with Gasteiger partial charge in [-0.15, -0.1) is 0 Å². The van der Waals surface area contributed by atoms with Gasteiger partial charge in [0, 0.05) is 22.4 Å². The van der Waals surface area contributed by atoms with Crippen molar-refractivity contribution in [1.82, 2.24) is 0 Å². The molecule has 1 aromatic rings. The molecule has 0 aliphatic carbocycles. The van der Waals surface area contributed by atoms with Crippen LogP contribution in [0.3, 0.4) is 0 Å². The van der Waals surface area contributed by atoms with E-state index in [0.717, 1.165) is 5.56 Å². The Morgan fingerprint density at radius 3 is 2.64 bits per heavy atom. The predicted octanol–water partition coefficient (Wildman–Crippen LogP) is 2.93. The molecule has 78 valence electrons. The number of rotatable bonds is 3. The first-order valence-corrected chi connectivity index (χ1v) is 5.28. The van der Waals surface area contributed by atoms with Crippen LogP contribution in [0.5, 0.6) is 5.75 Å². The molecule has 2 nitrogen and oxygen atoms in total. The van der Waals surface area contributed by atoms with E-state index in [1.807, 2.05) is 0 Å². The lowest BCUT2D eigenvalue weighted by Crippen LogP contribution is -2.08. The standard InChI is InChI=1S/C9H11Cl2NOS/c1-13-9-6(8(14)4-12)2-5(10)3-7(9)11/h2-3,8,14H,4,12H2,1H3. The lowest BCUT2D eigenvalue weighted by Gasteiger charge is -2.14. The number of hydrogen-bond donors (Lipinski definition) is 2. The maximum atomic E-state index is 5.95. The van der Waals surface area contributed by atoms with Gasteiger partial charge in [-0.05, 0) is 12.1 Å². The number of nitrogens with two attached hydrogens (primary N) is 1. The van der Waals surface area contributed by atoms with E-state index in [0.29, 0.717) is 22.3 Å². The molecule has 0 bridgehead atoms. The second-order valence-corrected chi connectivity index (χ2v) is 4.23. The minimum atomic E-state index is -0.124. The van der Waals surface area contributed by atoms with E-state index < -0.39 is 0 Å². The Morgan fingerprint density at radius 1 is 1.50 bits per heavy atom. The van der Waals surface area contributed by atoms with Gasteiger partial charge in [0.15, 0.2) is 0 Å². The normalized spacial score (nSPS) is 12.6. The molecule has 1 atom stereocenters. The quantitative estimate of drug-likeness (QED) is 0.811. The molecular weight excluding hydrogens is 241 g/mol. The van der Waals surface area contributed by atoms with E-state index in [-0.39, 0.29) is 5.25 Å². The van der Waals surface area contributed by atoms with Crippen molar-refractivity contribution in [1.29, 1.82) is 0 Å². The van der Waals surface area contributed by atoms with Gasteiger partial charge >= 0.3 is 0 Å². The zero-order valence-corrected chi connectivity index (χ0v) is 10.0. The van der Waals surface area contributed by atoms with Crippen LogP contribution in [0.25, 0.3) is 0 Å². The van der Waals surface area contributed by atoms with Gasteiger partial charge in [-0.25, -0.2) is 0 Å². The van der Waals surface area contributed by atoms with Gasteiger partial charge in [0.2, 0.25) is 0 Å². The van der Waals surface area contributed by atoms with Crippen LogP contribution in [0.4, 0.5) is 0 Å². The summed E-state index contributed by atoms with van der Waals surface area (Å²) in [6, 6.07) is 3.39. The lowest BCUT2D eigenvalue weighted by atomic mass is 10.1. The molecule has 0 aliphatic heterocycles. The van der Waals surface area contributed by atoms with E-state index >= 15 is 0 Å². The molecule has 0 amide bonds. The molecular formula is C9H11Cl2NOS. The largest absolute Gasteiger partial charge is 0.495 e. The summed E-state index contributed by atoms with van der Waals surface area (Å²) in [7, 11) is 1.55. The van der Waals surface area contributed by atoms with Crippen molar-refractivity contribution in [2.75, 3.05) is 13.7 Å². The molecule has 5 heteroatoms. The molecule has 0 fully saturated rings. The fourth-order valence-corrected chi connectivity index (χ4v) is 1.95. The number of halogens is 2. The first-order valence-electron chi connectivity index (χ1n) is 4.01. The third-order valence-corrected chi connectivity index (χ3v) is 2.81. The van der Waals surface area contributed by atoms with E-state index in [4.69, 9.17) is 33.7 Å². The second-order valence-electron chi connectivity index (χ2n) is 2.76.